The van der Waals surface area contributed by atoms with Crippen LogP contribution in [0.15, 0.2) is 48.5 Å². The molecule has 0 saturated heterocycles. The molecule has 0 spiro atoms. The van der Waals surface area contributed by atoms with Crippen LogP contribution >= 0.6 is 11.6 Å². The van der Waals surface area contributed by atoms with Gasteiger partial charge in [-0.15, -0.1) is 0 Å². The Morgan fingerprint density at radius 1 is 1.04 bits per heavy atom. The van der Waals surface area contributed by atoms with Crippen molar-refractivity contribution in [2.45, 2.75) is 25.8 Å². The largest absolute Gasteiger partial charge is 0.364 e. The fourth-order valence-corrected chi connectivity index (χ4v) is 2.80. The monoisotopic (exact) mass is 329 g/mol. The Labute approximate surface area is 139 Å². The van der Waals surface area contributed by atoms with Gasteiger partial charge in [0.15, 0.2) is 0 Å². The number of benzene rings is 2. The van der Waals surface area contributed by atoms with E-state index in [1.165, 1.54) is 12.1 Å². The first-order valence-electron chi connectivity index (χ1n) is 7.38. The van der Waals surface area contributed by atoms with Gasteiger partial charge >= 0.3 is 0 Å². The number of anilines is 1. The molecular formula is C18H17ClFN3. The number of rotatable bonds is 4. The van der Waals surface area contributed by atoms with Gasteiger partial charge in [-0.25, -0.2) is 14.4 Å². The molecule has 0 fully saturated rings. The molecule has 1 aromatic heterocycles. The van der Waals surface area contributed by atoms with Crippen molar-refractivity contribution in [2.75, 3.05) is 5.32 Å². The number of aromatic nitrogens is 2. The van der Waals surface area contributed by atoms with Crippen LogP contribution < -0.4 is 5.32 Å². The number of nitrogens with zero attached hydrogens (tertiary/aromatic N) is 2. The van der Waals surface area contributed by atoms with Crippen LogP contribution in [0.2, 0.25) is 5.28 Å². The molecule has 1 heterocycles. The zero-order valence-corrected chi connectivity index (χ0v) is 13.7. The van der Waals surface area contributed by atoms with Gasteiger partial charge in [-0.1, -0.05) is 24.3 Å². The summed E-state index contributed by atoms with van der Waals surface area (Å²) in [6, 6.07) is 14.3. The van der Waals surface area contributed by atoms with Crippen LogP contribution in [0.5, 0.6) is 0 Å². The molecule has 1 N–H and O–H groups in total. The standard InChI is InChI=1S/C18H17ClFN3/c1-18(2,11-12-7-9-13(20)10-8-12)23-16-14-5-3-4-6-15(14)21-17(19)22-16/h3-10H,11H2,1-2H3,(H,21,22,23). The molecular weight excluding hydrogens is 313 g/mol. The van der Waals surface area contributed by atoms with Crippen LogP contribution in [0.3, 0.4) is 0 Å². The minimum Gasteiger partial charge on any atom is -0.364 e. The number of para-hydroxylation sites is 1. The second-order valence-corrected chi connectivity index (χ2v) is 6.51. The lowest BCUT2D eigenvalue weighted by atomic mass is 9.94. The maximum absolute atomic E-state index is 13.0. The minimum atomic E-state index is -0.279. The Morgan fingerprint density at radius 2 is 1.74 bits per heavy atom. The van der Waals surface area contributed by atoms with Gasteiger partial charge in [0.1, 0.15) is 11.6 Å². The lowest BCUT2D eigenvalue weighted by molar-refractivity contribution is 0.560. The van der Waals surface area contributed by atoms with Gasteiger partial charge in [-0.3, -0.25) is 0 Å². The minimum absolute atomic E-state index is 0.212. The molecule has 3 nitrogen and oxygen atoms in total. The summed E-state index contributed by atoms with van der Waals surface area (Å²) < 4.78 is 13.0. The first kappa shape index (κ1) is 15.7. The van der Waals surface area contributed by atoms with E-state index in [1.54, 1.807) is 12.1 Å². The summed E-state index contributed by atoms with van der Waals surface area (Å²) in [5, 5.41) is 4.57. The Morgan fingerprint density at radius 3 is 2.48 bits per heavy atom. The molecule has 2 aromatic carbocycles. The van der Waals surface area contributed by atoms with Crippen LogP contribution in [0.1, 0.15) is 19.4 Å². The van der Waals surface area contributed by atoms with Crippen molar-refractivity contribution in [2.24, 2.45) is 0 Å². The van der Waals surface area contributed by atoms with Gasteiger partial charge in [0.2, 0.25) is 5.28 Å². The number of hydrogen-bond donors (Lipinski definition) is 1. The predicted octanol–water partition coefficient (Wildman–Crippen LogP) is 4.86. The van der Waals surface area contributed by atoms with Crippen molar-refractivity contribution < 1.29 is 4.39 Å². The van der Waals surface area contributed by atoms with Crippen LogP contribution in [0.25, 0.3) is 10.9 Å². The van der Waals surface area contributed by atoms with Crippen molar-refractivity contribution in [3.05, 3.63) is 65.2 Å². The van der Waals surface area contributed by atoms with Gasteiger partial charge in [0.25, 0.3) is 0 Å². The van der Waals surface area contributed by atoms with Crippen molar-refractivity contribution in [1.82, 2.24) is 9.97 Å². The highest BCUT2D eigenvalue weighted by molar-refractivity contribution is 6.28. The van der Waals surface area contributed by atoms with Gasteiger partial charge in [0.05, 0.1) is 5.52 Å². The van der Waals surface area contributed by atoms with Gasteiger partial charge in [0, 0.05) is 10.9 Å². The maximum Gasteiger partial charge on any atom is 0.224 e. The van der Waals surface area contributed by atoms with E-state index < -0.39 is 0 Å². The third-order valence-electron chi connectivity index (χ3n) is 3.59. The highest BCUT2D eigenvalue weighted by atomic mass is 35.5. The van der Waals surface area contributed by atoms with Crippen LogP contribution in [-0.4, -0.2) is 15.5 Å². The summed E-state index contributed by atoms with van der Waals surface area (Å²) in [6.07, 6.45) is 0.725. The zero-order valence-electron chi connectivity index (χ0n) is 13.0. The molecule has 0 aliphatic carbocycles. The van der Waals surface area contributed by atoms with E-state index in [9.17, 15) is 4.39 Å². The van der Waals surface area contributed by atoms with E-state index in [1.807, 2.05) is 24.3 Å². The molecule has 0 amide bonds. The molecule has 5 heteroatoms. The van der Waals surface area contributed by atoms with E-state index in [0.29, 0.717) is 5.82 Å². The molecule has 0 radical (unpaired) electrons. The van der Waals surface area contributed by atoms with Crippen molar-refractivity contribution >= 4 is 28.3 Å². The molecule has 0 bridgehead atoms. The van der Waals surface area contributed by atoms with E-state index >= 15 is 0 Å². The highest BCUT2D eigenvalue weighted by Crippen LogP contribution is 2.26. The average Bonchev–Trinajstić information content (AvgIpc) is 2.49. The van der Waals surface area contributed by atoms with Gasteiger partial charge in [-0.05, 0) is 61.7 Å². The summed E-state index contributed by atoms with van der Waals surface area (Å²) in [7, 11) is 0. The second kappa shape index (κ2) is 6.13. The van der Waals surface area contributed by atoms with Crippen molar-refractivity contribution in [3.8, 4) is 0 Å². The van der Waals surface area contributed by atoms with E-state index in [4.69, 9.17) is 11.6 Å². The van der Waals surface area contributed by atoms with E-state index in [2.05, 4.69) is 29.1 Å². The summed E-state index contributed by atoms with van der Waals surface area (Å²) in [5.74, 6) is 0.473. The van der Waals surface area contributed by atoms with Crippen molar-refractivity contribution in [3.63, 3.8) is 0 Å². The van der Waals surface area contributed by atoms with E-state index in [0.717, 1.165) is 22.9 Å². The highest BCUT2D eigenvalue weighted by Gasteiger charge is 2.20. The normalized spacial score (nSPS) is 11.7. The number of halogens is 2. The quantitative estimate of drug-likeness (QED) is 0.695. The number of hydrogen-bond acceptors (Lipinski definition) is 3. The molecule has 23 heavy (non-hydrogen) atoms. The number of nitrogens with one attached hydrogen (secondary N) is 1. The third kappa shape index (κ3) is 3.77. The molecule has 0 saturated carbocycles. The zero-order chi connectivity index (χ0) is 16.4. The molecule has 0 aliphatic heterocycles. The molecule has 118 valence electrons. The summed E-state index contributed by atoms with van der Waals surface area (Å²) >= 11 is 6.03. The number of fused-ring (bicyclic) bond motifs is 1. The summed E-state index contributed by atoms with van der Waals surface area (Å²) in [6.45, 7) is 4.14. The maximum atomic E-state index is 13.0. The first-order chi connectivity index (χ1) is 10.9. The Kier molecular flexibility index (Phi) is 4.18. The van der Waals surface area contributed by atoms with Crippen LogP contribution in [-0.2, 0) is 6.42 Å². The third-order valence-corrected chi connectivity index (χ3v) is 3.76. The molecule has 0 atom stereocenters. The molecule has 3 rings (SSSR count). The topological polar surface area (TPSA) is 37.8 Å². The molecule has 0 unspecified atom stereocenters. The van der Waals surface area contributed by atoms with Gasteiger partial charge < -0.3 is 5.32 Å². The van der Waals surface area contributed by atoms with Gasteiger partial charge in [-0.2, -0.15) is 0 Å². The SMILES string of the molecule is CC(C)(Cc1ccc(F)cc1)Nc1nc(Cl)nc2ccccc12. The predicted molar refractivity (Wildman–Crippen MR) is 92.4 cm³/mol. The molecule has 3 aromatic rings. The fourth-order valence-electron chi connectivity index (χ4n) is 2.62. The van der Waals surface area contributed by atoms with E-state index in [-0.39, 0.29) is 16.6 Å². The fraction of sp³-hybridized carbons (Fsp3) is 0.222. The smallest absolute Gasteiger partial charge is 0.224 e. The molecule has 0 aliphatic rings. The Hall–Kier alpha value is -2.20. The Balaban J connectivity index is 1.89. The summed E-state index contributed by atoms with van der Waals surface area (Å²) in [5.41, 5.74) is 1.57. The summed E-state index contributed by atoms with van der Waals surface area (Å²) in [4.78, 5) is 8.56. The Bertz CT molecular complexity index is 831. The van der Waals surface area contributed by atoms with Crippen molar-refractivity contribution in [1.29, 1.82) is 0 Å². The first-order valence-corrected chi connectivity index (χ1v) is 7.76. The van der Waals surface area contributed by atoms with Crippen LogP contribution in [0.4, 0.5) is 10.2 Å². The lowest BCUT2D eigenvalue weighted by Crippen LogP contribution is -2.34. The van der Waals surface area contributed by atoms with Crippen LogP contribution in [0, 0.1) is 5.82 Å². The second-order valence-electron chi connectivity index (χ2n) is 6.17. The lowest BCUT2D eigenvalue weighted by Gasteiger charge is -2.27. The average molecular weight is 330 g/mol.